The molecule has 0 unspecified atom stereocenters. The van der Waals surface area contributed by atoms with E-state index in [1.165, 1.54) is 6.07 Å². The first-order chi connectivity index (χ1) is 11.6. The molecule has 5 nitrogen and oxygen atoms in total. The van der Waals surface area contributed by atoms with E-state index in [1.54, 1.807) is 18.2 Å². The van der Waals surface area contributed by atoms with E-state index in [0.717, 1.165) is 5.56 Å². The third-order valence-corrected chi connectivity index (χ3v) is 3.88. The van der Waals surface area contributed by atoms with E-state index in [0.29, 0.717) is 5.56 Å². The maximum atomic E-state index is 14.0. The number of alkyl carbamates (subject to hydrolysis) is 1. The summed E-state index contributed by atoms with van der Waals surface area (Å²) < 4.78 is 19.1. The average molecular weight is 328 g/mol. The minimum Gasteiger partial charge on any atom is -0.445 e. The zero-order valence-electron chi connectivity index (χ0n) is 12.9. The van der Waals surface area contributed by atoms with E-state index < -0.39 is 24.0 Å². The van der Waals surface area contributed by atoms with Crippen LogP contribution in [0, 0.1) is 5.82 Å². The Hall–Kier alpha value is -2.89. The van der Waals surface area contributed by atoms with Crippen molar-refractivity contribution in [1.29, 1.82) is 0 Å². The summed E-state index contributed by atoms with van der Waals surface area (Å²) in [5.41, 5.74) is 1.20. The van der Waals surface area contributed by atoms with Gasteiger partial charge in [-0.05, 0) is 11.6 Å². The number of amides is 2. The van der Waals surface area contributed by atoms with Gasteiger partial charge in [0.25, 0.3) is 0 Å². The molecule has 124 valence electrons. The van der Waals surface area contributed by atoms with Crippen molar-refractivity contribution < 1.29 is 18.7 Å². The fourth-order valence-corrected chi connectivity index (χ4v) is 2.72. The van der Waals surface area contributed by atoms with E-state index in [1.807, 2.05) is 30.3 Å². The summed E-state index contributed by atoms with van der Waals surface area (Å²) >= 11 is 0. The monoisotopic (exact) mass is 328 g/mol. The Morgan fingerprint density at radius 1 is 1.17 bits per heavy atom. The third kappa shape index (κ3) is 3.71. The first-order valence-corrected chi connectivity index (χ1v) is 7.64. The molecule has 0 saturated carbocycles. The van der Waals surface area contributed by atoms with Gasteiger partial charge in [0.2, 0.25) is 5.91 Å². The summed E-state index contributed by atoms with van der Waals surface area (Å²) in [4.78, 5) is 23.7. The zero-order chi connectivity index (χ0) is 16.9. The van der Waals surface area contributed by atoms with Crippen LogP contribution in [0.25, 0.3) is 0 Å². The predicted molar refractivity (Wildman–Crippen MR) is 85.5 cm³/mol. The van der Waals surface area contributed by atoms with Gasteiger partial charge in [-0.3, -0.25) is 4.79 Å². The molecule has 1 fully saturated rings. The van der Waals surface area contributed by atoms with Gasteiger partial charge in [-0.25, -0.2) is 9.18 Å². The number of rotatable bonds is 4. The minimum atomic E-state index is -0.637. The van der Waals surface area contributed by atoms with E-state index in [-0.39, 0.29) is 18.9 Å². The van der Waals surface area contributed by atoms with Crippen LogP contribution >= 0.6 is 0 Å². The molecule has 3 rings (SSSR count). The van der Waals surface area contributed by atoms with Gasteiger partial charge < -0.3 is 15.4 Å². The van der Waals surface area contributed by atoms with Crippen LogP contribution in [0.2, 0.25) is 0 Å². The lowest BCUT2D eigenvalue weighted by Crippen LogP contribution is -2.39. The highest BCUT2D eigenvalue weighted by atomic mass is 19.1. The highest BCUT2D eigenvalue weighted by Crippen LogP contribution is 2.26. The van der Waals surface area contributed by atoms with Crippen LogP contribution in [-0.2, 0) is 16.1 Å². The Morgan fingerprint density at radius 2 is 1.88 bits per heavy atom. The Labute approximate surface area is 138 Å². The molecule has 2 atom stereocenters. The molecule has 2 amide bonds. The molecule has 1 saturated heterocycles. The quantitative estimate of drug-likeness (QED) is 0.907. The normalized spacial score (nSPS) is 19.6. The molecule has 1 aliphatic rings. The van der Waals surface area contributed by atoms with Crippen molar-refractivity contribution in [3.8, 4) is 0 Å². The number of hydrogen-bond donors (Lipinski definition) is 2. The number of benzene rings is 2. The van der Waals surface area contributed by atoms with Crippen molar-refractivity contribution in [3.05, 3.63) is 71.5 Å². The van der Waals surface area contributed by atoms with Crippen LogP contribution in [-0.4, -0.2) is 18.0 Å². The van der Waals surface area contributed by atoms with Gasteiger partial charge in [0.1, 0.15) is 12.4 Å². The van der Waals surface area contributed by atoms with Gasteiger partial charge >= 0.3 is 6.09 Å². The maximum Gasteiger partial charge on any atom is 0.407 e. The van der Waals surface area contributed by atoms with E-state index in [2.05, 4.69) is 10.6 Å². The van der Waals surface area contributed by atoms with Gasteiger partial charge in [0.05, 0.1) is 12.1 Å². The lowest BCUT2D eigenvalue weighted by Gasteiger charge is -2.20. The van der Waals surface area contributed by atoms with E-state index in [9.17, 15) is 14.0 Å². The Kier molecular flexibility index (Phi) is 4.74. The molecule has 2 aromatic rings. The van der Waals surface area contributed by atoms with Crippen molar-refractivity contribution >= 4 is 12.0 Å². The summed E-state index contributed by atoms with van der Waals surface area (Å²) in [5, 5.41) is 5.34. The molecule has 1 heterocycles. The lowest BCUT2D eigenvalue weighted by atomic mass is 10.0. The van der Waals surface area contributed by atoms with Crippen molar-refractivity contribution in [2.75, 3.05) is 0 Å². The number of ether oxygens (including phenoxy) is 1. The summed E-state index contributed by atoms with van der Waals surface area (Å²) in [6.45, 7) is 0.130. The Morgan fingerprint density at radius 3 is 2.62 bits per heavy atom. The number of hydrogen-bond acceptors (Lipinski definition) is 3. The molecule has 6 heteroatoms. The van der Waals surface area contributed by atoms with Crippen LogP contribution in [0.15, 0.2) is 54.6 Å². The molecule has 2 aromatic carbocycles. The molecule has 1 aliphatic heterocycles. The average Bonchev–Trinajstić information content (AvgIpc) is 2.94. The predicted octanol–water partition coefficient (Wildman–Crippen LogP) is 2.68. The fraction of sp³-hybridized carbons (Fsp3) is 0.222. The highest BCUT2D eigenvalue weighted by Gasteiger charge is 2.36. The second-order valence-corrected chi connectivity index (χ2v) is 5.58. The summed E-state index contributed by atoms with van der Waals surface area (Å²) in [5.74, 6) is -0.661. The fourth-order valence-electron chi connectivity index (χ4n) is 2.72. The van der Waals surface area contributed by atoms with Gasteiger partial charge in [-0.2, -0.15) is 0 Å². The topological polar surface area (TPSA) is 67.4 Å². The second-order valence-electron chi connectivity index (χ2n) is 5.58. The van der Waals surface area contributed by atoms with Crippen molar-refractivity contribution in [1.82, 2.24) is 10.6 Å². The highest BCUT2D eigenvalue weighted by molar-refractivity contribution is 5.81. The van der Waals surface area contributed by atoms with Crippen molar-refractivity contribution in [2.24, 2.45) is 0 Å². The summed E-state index contributed by atoms with van der Waals surface area (Å²) in [6, 6.07) is 14.3. The van der Waals surface area contributed by atoms with Gasteiger partial charge in [0.15, 0.2) is 0 Å². The van der Waals surface area contributed by atoms with Crippen molar-refractivity contribution in [3.63, 3.8) is 0 Å². The molecule has 0 bridgehead atoms. The van der Waals surface area contributed by atoms with E-state index >= 15 is 0 Å². The van der Waals surface area contributed by atoms with Crippen molar-refractivity contribution in [2.45, 2.75) is 25.1 Å². The van der Waals surface area contributed by atoms with Crippen LogP contribution in [0.5, 0.6) is 0 Å². The lowest BCUT2D eigenvalue weighted by molar-refractivity contribution is -0.119. The Bertz CT molecular complexity index is 736. The molecule has 24 heavy (non-hydrogen) atoms. The molecule has 0 aliphatic carbocycles. The number of halogens is 1. The number of carbonyl (C=O) groups excluding carboxylic acids is 2. The standard InChI is InChI=1S/C18H17FN2O3/c19-14-9-5-4-8-13(14)17-15(10-16(22)21-17)20-18(23)24-11-12-6-2-1-3-7-12/h1-9,15,17H,10-11H2,(H,20,23)(H,21,22)/t15-,17+/m1/s1. The second kappa shape index (κ2) is 7.12. The molecule has 0 aromatic heterocycles. The maximum absolute atomic E-state index is 14.0. The largest absolute Gasteiger partial charge is 0.445 e. The molecular formula is C18H17FN2O3. The smallest absolute Gasteiger partial charge is 0.407 e. The molecule has 0 spiro atoms. The molecular weight excluding hydrogens is 311 g/mol. The van der Waals surface area contributed by atoms with Crippen LogP contribution in [0.1, 0.15) is 23.6 Å². The van der Waals surface area contributed by atoms with Crippen LogP contribution in [0.3, 0.4) is 0 Å². The van der Waals surface area contributed by atoms with E-state index in [4.69, 9.17) is 4.74 Å². The number of nitrogens with one attached hydrogen (secondary N) is 2. The summed E-state index contributed by atoms with van der Waals surface area (Å²) in [7, 11) is 0. The number of carbonyl (C=O) groups is 2. The first-order valence-electron chi connectivity index (χ1n) is 7.64. The van der Waals surface area contributed by atoms with Gasteiger partial charge in [-0.1, -0.05) is 48.5 Å². The van der Waals surface area contributed by atoms with Gasteiger partial charge in [-0.15, -0.1) is 0 Å². The zero-order valence-corrected chi connectivity index (χ0v) is 12.9. The first kappa shape index (κ1) is 16.0. The Balaban J connectivity index is 1.63. The van der Waals surface area contributed by atoms with Crippen LogP contribution < -0.4 is 10.6 Å². The van der Waals surface area contributed by atoms with Crippen LogP contribution in [0.4, 0.5) is 9.18 Å². The minimum absolute atomic E-state index is 0.0828. The SMILES string of the molecule is O=C1C[C@@H](NC(=O)OCc2ccccc2)[C@H](c2ccccc2F)N1. The molecule has 2 N–H and O–H groups in total. The van der Waals surface area contributed by atoms with Gasteiger partial charge in [0, 0.05) is 12.0 Å². The third-order valence-electron chi connectivity index (χ3n) is 3.88. The summed E-state index contributed by atoms with van der Waals surface area (Å²) in [6.07, 6.45) is -0.555. The molecule has 0 radical (unpaired) electrons.